The van der Waals surface area contributed by atoms with Gasteiger partial charge in [-0.2, -0.15) is 5.10 Å². The third kappa shape index (κ3) is 2.45. The van der Waals surface area contributed by atoms with E-state index in [4.69, 9.17) is 11.6 Å². The molecule has 1 aromatic heterocycles. The quantitative estimate of drug-likeness (QED) is 0.748. The minimum Gasteiger partial charge on any atom is -0.311 e. The van der Waals surface area contributed by atoms with Gasteiger partial charge >= 0.3 is 0 Å². The van der Waals surface area contributed by atoms with Crippen molar-refractivity contribution in [1.82, 2.24) is 9.78 Å². The average molecular weight is 202 g/mol. The molecule has 72 valence electrons. The number of carbonyl (C=O) groups is 1. The molecule has 0 aliphatic heterocycles. The lowest BCUT2D eigenvalue weighted by Crippen LogP contribution is -2.22. The van der Waals surface area contributed by atoms with Crippen LogP contribution in [0.3, 0.4) is 0 Å². The van der Waals surface area contributed by atoms with Gasteiger partial charge in [-0.3, -0.25) is 9.48 Å². The van der Waals surface area contributed by atoms with Gasteiger partial charge in [-0.25, -0.2) is 0 Å². The number of alkyl halides is 1. The van der Waals surface area contributed by atoms with Crippen LogP contribution in [0.5, 0.6) is 0 Å². The van der Waals surface area contributed by atoms with Gasteiger partial charge in [0.15, 0.2) is 0 Å². The Morgan fingerprint density at radius 1 is 1.85 bits per heavy atom. The molecule has 0 aromatic carbocycles. The van der Waals surface area contributed by atoms with E-state index in [0.717, 1.165) is 0 Å². The molecule has 0 saturated heterocycles. The van der Waals surface area contributed by atoms with Crippen LogP contribution in [0.25, 0.3) is 0 Å². The first kappa shape index (κ1) is 10.1. The van der Waals surface area contributed by atoms with Crippen LogP contribution in [0.1, 0.15) is 6.92 Å². The van der Waals surface area contributed by atoms with E-state index in [1.54, 1.807) is 30.9 Å². The maximum absolute atomic E-state index is 11.4. The summed E-state index contributed by atoms with van der Waals surface area (Å²) in [6.45, 7) is 1.78. The maximum atomic E-state index is 11.4. The van der Waals surface area contributed by atoms with Gasteiger partial charge in [-0.05, 0) is 0 Å². The van der Waals surface area contributed by atoms with Crippen molar-refractivity contribution >= 4 is 23.3 Å². The number of anilines is 1. The minimum atomic E-state index is -0.184. The molecule has 0 saturated carbocycles. The zero-order valence-electron chi connectivity index (χ0n) is 7.62. The lowest BCUT2D eigenvalue weighted by molar-refractivity contribution is -0.118. The highest BCUT2D eigenvalue weighted by atomic mass is 35.5. The van der Waals surface area contributed by atoms with Gasteiger partial charge in [0, 0.05) is 24.9 Å². The number of hydrogen-bond donors (Lipinski definition) is 1. The standard InChI is InChI=1S/C8H12ClN3O/c1-6(5-9)8(13)11-7-3-4-10-12(7)2/h3-4,6H,5H2,1-2H3,(H,11,13). The van der Waals surface area contributed by atoms with Crippen molar-refractivity contribution in [3.8, 4) is 0 Å². The predicted molar refractivity (Wildman–Crippen MR) is 51.7 cm³/mol. The lowest BCUT2D eigenvalue weighted by Gasteiger charge is -2.08. The van der Waals surface area contributed by atoms with Crippen molar-refractivity contribution in [1.29, 1.82) is 0 Å². The summed E-state index contributed by atoms with van der Waals surface area (Å²) in [5.41, 5.74) is 0. The summed E-state index contributed by atoms with van der Waals surface area (Å²) < 4.78 is 1.60. The summed E-state index contributed by atoms with van der Waals surface area (Å²) >= 11 is 5.54. The van der Waals surface area contributed by atoms with Crippen molar-refractivity contribution < 1.29 is 4.79 Å². The third-order valence-electron chi connectivity index (χ3n) is 1.75. The molecule has 0 radical (unpaired) electrons. The zero-order valence-corrected chi connectivity index (χ0v) is 8.38. The van der Waals surface area contributed by atoms with E-state index >= 15 is 0 Å². The number of rotatable bonds is 3. The fraction of sp³-hybridized carbons (Fsp3) is 0.500. The van der Waals surface area contributed by atoms with Gasteiger partial charge in [-0.1, -0.05) is 6.92 Å². The van der Waals surface area contributed by atoms with Gasteiger partial charge in [-0.15, -0.1) is 11.6 Å². The number of halogens is 1. The number of hydrogen-bond acceptors (Lipinski definition) is 2. The second-order valence-corrected chi connectivity index (χ2v) is 3.19. The molecule has 5 heteroatoms. The average Bonchev–Trinajstić information content (AvgIpc) is 2.50. The molecule has 0 aliphatic rings. The minimum absolute atomic E-state index is 0.0846. The Kier molecular flexibility index (Phi) is 3.31. The molecule has 1 heterocycles. The first-order valence-electron chi connectivity index (χ1n) is 4.00. The van der Waals surface area contributed by atoms with E-state index < -0.39 is 0 Å². The molecular formula is C8H12ClN3O. The molecule has 1 N–H and O–H groups in total. The molecule has 1 unspecified atom stereocenters. The first-order chi connectivity index (χ1) is 6.15. The summed E-state index contributed by atoms with van der Waals surface area (Å²) in [5.74, 6) is 0.737. The highest BCUT2D eigenvalue weighted by Gasteiger charge is 2.12. The Morgan fingerprint density at radius 2 is 2.54 bits per heavy atom. The summed E-state index contributed by atoms with van der Waals surface area (Å²) in [6.07, 6.45) is 1.63. The summed E-state index contributed by atoms with van der Waals surface area (Å²) in [5, 5.41) is 6.64. The maximum Gasteiger partial charge on any atom is 0.229 e. The number of aryl methyl sites for hydroxylation is 1. The van der Waals surface area contributed by atoms with E-state index in [2.05, 4.69) is 10.4 Å². The summed E-state index contributed by atoms with van der Waals surface area (Å²) in [7, 11) is 1.76. The van der Waals surface area contributed by atoms with Crippen LogP contribution in [0.4, 0.5) is 5.82 Å². The highest BCUT2D eigenvalue weighted by molar-refractivity contribution is 6.19. The SMILES string of the molecule is CC(CCl)C(=O)Nc1ccnn1C. The molecule has 0 bridgehead atoms. The topological polar surface area (TPSA) is 46.9 Å². The molecule has 1 amide bonds. The van der Waals surface area contributed by atoms with Crippen molar-refractivity contribution in [2.24, 2.45) is 13.0 Å². The fourth-order valence-corrected chi connectivity index (χ4v) is 0.956. The molecule has 0 aliphatic carbocycles. The van der Waals surface area contributed by atoms with E-state index in [0.29, 0.717) is 11.7 Å². The van der Waals surface area contributed by atoms with Crippen molar-refractivity contribution in [3.63, 3.8) is 0 Å². The van der Waals surface area contributed by atoms with Gasteiger partial charge in [0.05, 0.1) is 6.20 Å². The van der Waals surface area contributed by atoms with Crippen LogP contribution < -0.4 is 5.32 Å². The van der Waals surface area contributed by atoms with E-state index in [1.165, 1.54) is 0 Å². The smallest absolute Gasteiger partial charge is 0.229 e. The van der Waals surface area contributed by atoms with Gasteiger partial charge in [0.25, 0.3) is 0 Å². The summed E-state index contributed by atoms with van der Waals surface area (Å²) in [6, 6.07) is 1.73. The van der Waals surface area contributed by atoms with Crippen LogP contribution in [0.2, 0.25) is 0 Å². The Balaban J connectivity index is 2.60. The molecule has 13 heavy (non-hydrogen) atoms. The Hall–Kier alpha value is -1.03. The van der Waals surface area contributed by atoms with Crippen molar-refractivity contribution in [2.75, 3.05) is 11.2 Å². The van der Waals surface area contributed by atoms with Gasteiger partial charge < -0.3 is 5.32 Å². The number of nitrogens with one attached hydrogen (secondary N) is 1. The normalized spacial score (nSPS) is 12.5. The highest BCUT2D eigenvalue weighted by Crippen LogP contribution is 2.07. The molecule has 1 aromatic rings. The molecule has 1 rings (SSSR count). The number of carbonyl (C=O) groups excluding carboxylic acids is 1. The van der Waals surface area contributed by atoms with E-state index in [1.807, 2.05) is 0 Å². The van der Waals surface area contributed by atoms with Gasteiger partial charge in [0.2, 0.25) is 5.91 Å². The summed E-state index contributed by atoms with van der Waals surface area (Å²) in [4.78, 5) is 11.4. The van der Waals surface area contributed by atoms with Crippen LogP contribution in [-0.2, 0) is 11.8 Å². The molecule has 0 spiro atoms. The first-order valence-corrected chi connectivity index (χ1v) is 4.53. The Bertz CT molecular complexity index is 297. The van der Waals surface area contributed by atoms with Crippen LogP contribution >= 0.6 is 11.6 Å². The Labute approximate surface area is 81.9 Å². The van der Waals surface area contributed by atoms with Crippen LogP contribution in [0.15, 0.2) is 12.3 Å². The molecule has 0 fully saturated rings. The second-order valence-electron chi connectivity index (χ2n) is 2.88. The van der Waals surface area contributed by atoms with Crippen LogP contribution in [-0.4, -0.2) is 21.6 Å². The molecule has 1 atom stereocenters. The fourth-order valence-electron chi connectivity index (χ4n) is 0.816. The van der Waals surface area contributed by atoms with Crippen molar-refractivity contribution in [2.45, 2.75) is 6.92 Å². The van der Waals surface area contributed by atoms with E-state index in [-0.39, 0.29) is 11.8 Å². The van der Waals surface area contributed by atoms with E-state index in [9.17, 15) is 4.79 Å². The lowest BCUT2D eigenvalue weighted by atomic mass is 10.2. The van der Waals surface area contributed by atoms with Gasteiger partial charge in [0.1, 0.15) is 5.82 Å². The zero-order chi connectivity index (χ0) is 9.84. The van der Waals surface area contributed by atoms with Crippen molar-refractivity contribution in [3.05, 3.63) is 12.3 Å². The largest absolute Gasteiger partial charge is 0.311 e. The number of nitrogens with zero attached hydrogens (tertiary/aromatic N) is 2. The number of amides is 1. The molecule has 4 nitrogen and oxygen atoms in total. The second kappa shape index (κ2) is 4.28. The monoisotopic (exact) mass is 201 g/mol. The Morgan fingerprint density at radius 3 is 3.00 bits per heavy atom. The molecular weight excluding hydrogens is 190 g/mol. The number of aromatic nitrogens is 2. The predicted octanol–water partition coefficient (Wildman–Crippen LogP) is 1.23. The van der Waals surface area contributed by atoms with Crippen LogP contribution in [0, 0.1) is 5.92 Å². The third-order valence-corrected chi connectivity index (χ3v) is 2.21.